The molecule has 0 spiro atoms. The van der Waals surface area contributed by atoms with Gasteiger partial charge in [0.1, 0.15) is 5.82 Å². The average Bonchev–Trinajstić information content (AvgIpc) is 2.19. The summed E-state index contributed by atoms with van der Waals surface area (Å²) in [6, 6.07) is 3.91. The number of halogens is 4. The summed E-state index contributed by atoms with van der Waals surface area (Å²) in [5.41, 5.74) is 0.477. The molecule has 17 heavy (non-hydrogen) atoms. The molecule has 0 radical (unpaired) electrons. The van der Waals surface area contributed by atoms with Crippen LogP contribution in [0.3, 0.4) is 0 Å². The number of benzene rings is 1. The van der Waals surface area contributed by atoms with Crippen molar-refractivity contribution in [1.82, 2.24) is 5.32 Å². The van der Waals surface area contributed by atoms with Crippen LogP contribution >= 0.6 is 0 Å². The third kappa shape index (κ3) is 4.52. The lowest BCUT2D eigenvalue weighted by Crippen LogP contribution is -2.33. The van der Waals surface area contributed by atoms with Gasteiger partial charge in [-0.3, -0.25) is 4.79 Å². The predicted octanol–water partition coefficient (Wildman–Crippen LogP) is 2.47. The molecule has 0 unspecified atom stereocenters. The SMILES string of the molecule is Cc1ccc(F)c(C(=O)CNCC(F)(F)F)c1. The summed E-state index contributed by atoms with van der Waals surface area (Å²) >= 11 is 0. The first-order chi connectivity index (χ1) is 7.79. The van der Waals surface area contributed by atoms with E-state index in [1.54, 1.807) is 6.92 Å². The molecule has 2 nitrogen and oxygen atoms in total. The highest BCUT2D eigenvalue weighted by molar-refractivity contribution is 5.98. The van der Waals surface area contributed by atoms with Crippen LogP contribution in [0.4, 0.5) is 17.6 Å². The summed E-state index contributed by atoms with van der Waals surface area (Å²) in [7, 11) is 0. The third-order valence-electron chi connectivity index (χ3n) is 2.03. The molecule has 0 saturated heterocycles. The number of hydrogen-bond donors (Lipinski definition) is 1. The van der Waals surface area contributed by atoms with Crippen molar-refractivity contribution in [3.05, 3.63) is 35.1 Å². The summed E-state index contributed by atoms with van der Waals surface area (Å²) in [6.07, 6.45) is -4.38. The standard InChI is InChI=1S/C11H11F4NO/c1-7-2-3-9(12)8(4-7)10(17)5-16-6-11(13,14)15/h2-4,16H,5-6H2,1H3. The maximum Gasteiger partial charge on any atom is 0.401 e. The molecular formula is C11H11F4NO. The Balaban J connectivity index is 2.61. The maximum atomic E-state index is 13.2. The number of hydrogen-bond acceptors (Lipinski definition) is 2. The zero-order valence-corrected chi connectivity index (χ0v) is 9.07. The van der Waals surface area contributed by atoms with Gasteiger partial charge in [0.2, 0.25) is 0 Å². The number of alkyl halides is 3. The summed E-state index contributed by atoms with van der Waals surface area (Å²) in [5.74, 6) is -1.43. The van der Waals surface area contributed by atoms with E-state index in [0.717, 1.165) is 6.07 Å². The van der Waals surface area contributed by atoms with Crippen molar-refractivity contribution in [2.45, 2.75) is 13.1 Å². The molecule has 0 aliphatic rings. The minimum Gasteiger partial charge on any atom is -0.302 e. The van der Waals surface area contributed by atoms with Gasteiger partial charge in [0.25, 0.3) is 0 Å². The van der Waals surface area contributed by atoms with Crippen LogP contribution in [-0.4, -0.2) is 25.0 Å². The maximum absolute atomic E-state index is 13.2. The molecule has 0 saturated carbocycles. The normalized spacial score (nSPS) is 11.6. The Morgan fingerprint density at radius 3 is 2.59 bits per heavy atom. The second kappa shape index (κ2) is 5.27. The van der Waals surface area contributed by atoms with Gasteiger partial charge in [0.05, 0.1) is 18.7 Å². The van der Waals surface area contributed by atoms with Crippen LogP contribution < -0.4 is 5.32 Å². The lowest BCUT2D eigenvalue weighted by molar-refractivity contribution is -0.124. The van der Waals surface area contributed by atoms with Gasteiger partial charge in [-0.15, -0.1) is 0 Å². The smallest absolute Gasteiger partial charge is 0.302 e. The van der Waals surface area contributed by atoms with E-state index in [1.165, 1.54) is 12.1 Å². The molecule has 1 aromatic rings. The van der Waals surface area contributed by atoms with Crippen LogP contribution in [0, 0.1) is 12.7 Å². The van der Waals surface area contributed by atoms with Gasteiger partial charge in [-0.1, -0.05) is 11.6 Å². The molecule has 1 aromatic carbocycles. The zero-order valence-electron chi connectivity index (χ0n) is 9.07. The van der Waals surface area contributed by atoms with Gasteiger partial charge < -0.3 is 5.32 Å². The highest BCUT2D eigenvalue weighted by atomic mass is 19.4. The minimum absolute atomic E-state index is 0.195. The van der Waals surface area contributed by atoms with Gasteiger partial charge in [-0.25, -0.2) is 4.39 Å². The Morgan fingerprint density at radius 2 is 2.00 bits per heavy atom. The van der Waals surface area contributed by atoms with Crippen molar-refractivity contribution in [2.75, 3.05) is 13.1 Å². The molecule has 0 aliphatic carbocycles. The molecule has 0 amide bonds. The van der Waals surface area contributed by atoms with Crippen molar-refractivity contribution < 1.29 is 22.4 Å². The molecule has 0 aromatic heterocycles. The summed E-state index contributed by atoms with van der Waals surface area (Å²) < 4.78 is 48.6. The number of carbonyl (C=O) groups is 1. The van der Waals surface area contributed by atoms with Gasteiger partial charge >= 0.3 is 6.18 Å². The highest BCUT2D eigenvalue weighted by Crippen LogP contribution is 2.13. The Bertz CT molecular complexity index is 414. The first-order valence-corrected chi connectivity index (χ1v) is 4.86. The lowest BCUT2D eigenvalue weighted by atomic mass is 10.1. The quantitative estimate of drug-likeness (QED) is 0.656. The fourth-order valence-electron chi connectivity index (χ4n) is 1.27. The van der Waals surface area contributed by atoms with E-state index in [0.29, 0.717) is 5.56 Å². The van der Waals surface area contributed by atoms with Gasteiger partial charge in [0.15, 0.2) is 5.78 Å². The Morgan fingerprint density at radius 1 is 1.35 bits per heavy atom. The van der Waals surface area contributed by atoms with E-state index in [2.05, 4.69) is 0 Å². The molecule has 0 heterocycles. The second-order valence-electron chi connectivity index (χ2n) is 3.63. The van der Waals surface area contributed by atoms with Gasteiger partial charge in [-0.05, 0) is 19.1 Å². The van der Waals surface area contributed by atoms with Gasteiger partial charge in [0, 0.05) is 0 Å². The summed E-state index contributed by atoms with van der Waals surface area (Å²) in [5, 5.41) is 1.93. The fraction of sp³-hybridized carbons (Fsp3) is 0.364. The van der Waals surface area contributed by atoms with Crippen molar-refractivity contribution in [1.29, 1.82) is 0 Å². The van der Waals surface area contributed by atoms with Gasteiger partial charge in [-0.2, -0.15) is 13.2 Å². The predicted molar refractivity (Wildman–Crippen MR) is 54.4 cm³/mol. The van der Waals surface area contributed by atoms with E-state index in [9.17, 15) is 22.4 Å². The number of nitrogens with one attached hydrogen (secondary N) is 1. The van der Waals surface area contributed by atoms with E-state index >= 15 is 0 Å². The van der Waals surface area contributed by atoms with Crippen molar-refractivity contribution in [3.8, 4) is 0 Å². The number of aryl methyl sites for hydroxylation is 1. The molecular weight excluding hydrogens is 238 g/mol. The van der Waals surface area contributed by atoms with E-state index in [1.807, 2.05) is 5.32 Å². The van der Waals surface area contributed by atoms with E-state index < -0.39 is 30.9 Å². The number of Topliss-reactive ketones (excluding diaryl/α,β-unsaturated/α-hetero) is 1. The largest absolute Gasteiger partial charge is 0.401 e. The summed E-state index contributed by atoms with van der Waals surface area (Å²) in [4.78, 5) is 11.4. The topological polar surface area (TPSA) is 29.1 Å². The zero-order chi connectivity index (χ0) is 13.1. The first-order valence-electron chi connectivity index (χ1n) is 4.86. The van der Waals surface area contributed by atoms with Crippen LogP contribution in [0.25, 0.3) is 0 Å². The number of rotatable bonds is 4. The molecule has 94 valence electrons. The molecule has 6 heteroatoms. The Kier molecular flexibility index (Phi) is 4.22. The highest BCUT2D eigenvalue weighted by Gasteiger charge is 2.26. The Hall–Kier alpha value is -1.43. The first kappa shape index (κ1) is 13.6. The van der Waals surface area contributed by atoms with Crippen LogP contribution in [-0.2, 0) is 0 Å². The molecule has 0 fully saturated rings. The molecule has 1 N–H and O–H groups in total. The fourth-order valence-corrected chi connectivity index (χ4v) is 1.27. The van der Waals surface area contributed by atoms with Crippen LogP contribution in [0.15, 0.2) is 18.2 Å². The van der Waals surface area contributed by atoms with E-state index in [-0.39, 0.29) is 5.56 Å². The second-order valence-corrected chi connectivity index (χ2v) is 3.63. The molecule has 0 atom stereocenters. The van der Waals surface area contributed by atoms with Crippen molar-refractivity contribution in [2.24, 2.45) is 0 Å². The molecule has 1 rings (SSSR count). The van der Waals surface area contributed by atoms with Crippen LogP contribution in [0.5, 0.6) is 0 Å². The minimum atomic E-state index is -4.38. The van der Waals surface area contributed by atoms with Crippen LogP contribution in [0.1, 0.15) is 15.9 Å². The number of ketones is 1. The molecule has 0 bridgehead atoms. The average molecular weight is 249 g/mol. The molecule has 0 aliphatic heterocycles. The van der Waals surface area contributed by atoms with Crippen LogP contribution in [0.2, 0.25) is 0 Å². The lowest BCUT2D eigenvalue weighted by Gasteiger charge is -2.08. The van der Waals surface area contributed by atoms with E-state index in [4.69, 9.17) is 0 Å². The third-order valence-corrected chi connectivity index (χ3v) is 2.03. The Labute approximate surface area is 95.6 Å². The monoisotopic (exact) mass is 249 g/mol. The number of carbonyl (C=O) groups excluding carboxylic acids is 1. The van der Waals surface area contributed by atoms with Crippen molar-refractivity contribution >= 4 is 5.78 Å². The van der Waals surface area contributed by atoms with Crippen molar-refractivity contribution in [3.63, 3.8) is 0 Å². The summed E-state index contributed by atoms with van der Waals surface area (Å²) in [6.45, 7) is -0.147.